The number of carbonyl (C=O) groups is 1. The number of amides is 1. The van der Waals surface area contributed by atoms with Gasteiger partial charge in [0.1, 0.15) is 5.82 Å². The lowest BCUT2D eigenvalue weighted by Gasteiger charge is -2.34. The molecular weight excluding hydrogens is 424 g/mol. The molecule has 1 aliphatic carbocycles. The van der Waals surface area contributed by atoms with Crippen molar-refractivity contribution >= 4 is 11.7 Å². The van der Waals surface area contributed by atoms with Crippen LogP contribution in [0.3, 0.4) is 0 Å². The summed E-state index contributed by atoms with van der Waals surface area (Å²) in [5.41, 5.74) is 1.77. The first-order valence-electron chi connectivity index (χ1n) is 13.9. The second kappa shape index (κ2) is 12.3. The molecule has 1 saturated carbocycles. The maximum absolute atomic E-state index is 13.3. The molecule has 2 fully saturated rings. The van der Waals surface area contributed by atoms with E-state index in [1.165, 1.54) is 38.6 Å². The summed E-state index contributed by atoms with van der Waals surface area (Å²) in [6.45, 7) is 15.5. The third-order valence-corrected chi connectivity index (χ3v) is 8.22. The van der Waals surface area contributed by atoms with Crippen LogP contribution in [0.1, 0.15) is 75.3 Å². The SMILES string of the molecule is CCN(CC1CCCCCC1C)C[C@@H](C)CN1CCc2nc(N3CCCOCC3)ccc2C1=O. The van der Waals surface area contributed by atoms with Crippen molar-refractivity contribution in [2.75, 3.05) is 63.9 Å². The average molecular weight is 471 g/mol. The Morgan fingerprint density at radius 2 is 1.97 bits per heavy atom. The van der Waals surface area contributed by atoms with Gasteiger partial charge in [0, 0.05) is 52.3 Å². The molecule has 0 aromatic carbocycles. The van der Waals surface area contributed by atoms with Gasteiger partial charge in [-0.3, -0.25) is 4.79 Å². The zero-order valence-corrected chi connectivity index (χ0v) is 21.8. The minimum absolute atomic E-state index is 0.159. The molecular formula is C28H46N4O2. The van der Waals surface area contributed by atoms with Gasteiger partial charge in [0.2, 0.25) is 0 Å². The van der Waals surface area contributed by atoms with E-state index in [9.17, 15) is 4.79 Å². The van der Waals surface area contributed by atoms with Gasteiger partial charge >= 0.3 is 0 Å². The molecule has 0 N–H and O–H groups in total. The van der Waals surface area contributed by atoms with Crippen molar-refractivity contribution in [3.05, 3.63) is 23.4 Å². The molecule has 1 aromatic rings. The number of pyridine rings is 1. The fourth-order valence-corrected chi connectivity index (χ4v) is 6.09. The molecule has 0 spiro atoms. The largest absolute Gasteiger partial charge is 0.380 e. The fraction of sp³-hybridized carbons (Fsp3) is 0.786. The van der Waals surface area contributed by atoms with Crippen molar-refractivity contribution in [1.29, 1.82) is 0 Å². The molecule has 34 heavy (non-hydrogen) atoms. The Morgan fingerprint density at radius 1 is 1.12 bits per heavy atom. The Bertz CT molecular complexity index is 793. The van der Waals surface area contributed by atoms with E-state index in [1.807, 2.05) is 12.1 Å². The van der Waals surface area contributed by atoms with Crippen molar-refractivity contribution in [3.8, 4) is 0 Å². The number of rotatable bonds is 8. The highest BCUT2D eigenvalue weighted by molar-refractivity contribution is 5.96. The molecule has 3 aliphatic rings. The van der Waals surface area contributed by atoms with E-state index in [2.05, 4.69) is 35.5 Å². The van der Waals surface area contributed by atoms with Crippen LogP contribution in [0.15, 0.2) is 12.1 Å². The number of carbonyl (C=O) groups excluding carboxylic acids is 1. The maximum Gasteiger partial charge on any atom is 0.255 e. The molecule has 4 rings (SSSR count). The van der Waals surface area contributed by atoms with Crippen LogP contribution in [-0.4, -0.2) is 79.7 Å². The lowest BCUT2D eigenvalue weighted by Crippen LogP contribution is -2.43. The van der Waals surface area contributed by atoms with Gasteiger partial charge < -0.3 is 19.4 Å². The van der Waals surface area contributed by atoms with Crippen LogP contribution in [0.2, 0.25) is 0 Å². The Balaban J connectivity index is 1.32. The van der Waals surface area contributed by atoms with Gasteiger partial charge in [0.05, 0.1) is 17.9 Å². The average Bonchev–Trinajstić information content (AvgIpc) is 3.23. The first-order valence-corrected chi connectivity index (χ1v) is 13.9. The van der Waals surface area contributed by atoms with Crippen LogP contribution in [0, 0.1) is 17.8 Å². The van der Waals surface area contributed by atoms with Crippen molar-refractivity contribution < 1.29 is 9.53 Å². The quantitative estimate of drug-likeness (QED) is 0.524. The molecule has 0 bridgehead atoms. The van der Waals surface area contributed by atoms with Crippen LogP contribution in [-0.2, 0) is 11.2 Å². The summed E-state index contributed by atoms with van der Waals surface area (Å²) in [6, 6.07) is 4.04. The smallest absolute Gasteiger partial charge is 0.255 e. The van der Waals surface area contributed by atoms with Crippen LogP contribution < -0.4 is 4.90 Å². The number of fused-ring (bicyclic) bond motifs is 1. The van der Waals surface area contributed by atoms with Gasteiger partial charge in [-0.15, -0.1) is 0 Å². The normalized spacial score (nSPS) is 25.1. The monoisotopic (exact) mass is 470 g/mol. The third-order valence-electron chi connectivity index (χ3n) is 8.22. The summed E-state index contributed by atoms with van der Waals surface area (Å²) in [4.78, 5) is 25.2. The standard InChI is InChI=1S/C28H46N4O2/c1-4-30(21-24-10-7-5-6-9-23(24)3)19-22(2)20-32-15-13-26-25(28(32)33)11-12-27(29-26)31-14-8-17-34-18-16-31/h11-12,22-24H,4-10,13-21H2,1-3H3/t22-,23?,24?/m1/s1. The van der Waals surface area contributed by atoms with Crippen LogP contribution in [0.25, 0.3) is 0 Å². The molecule has 3 atom stereocenters. The molecule has 1 amide bonds. The molecule has 2 unspecified atom stereocenters. The summed E-state index contributed by atoms with van der Waals surface area (Å²) < 4.78 is 5.58. The molecule has 1 aromatic heterocycles. The maximum atomic E-state index is 13.3. The highest BCUT2D eigenvalue weighted by Gasteiger charge is 2.28. The lowest BCUT2D eigenvalue weighted by molar-refractivity contribution is 0.0693. The summed E-state index contributed by atoms with van der Waals surface area (Å²) in [5.74, 6) is 3.29. The fourth-order valence-electron chi connectivity index (χ4n) is 6.09. The van der Waals surface area contributed by atoms with Gasteiger partial charge in [-0.2, -0.15) is 0 Å². The summed E-state index contributed by atoms with van der Waals surface area (Å²) in [7, 11) is 0. The predicted octanol–water partition coefficient (Wildman–Crippen LogP) is 4.48. The van der Waals surface area contributed by atoms with Crippen molar-refractivity contribution in [2.24, 2.45) is 17.8 Å². The lowest BCUT2D eigenvalue weighted by atomic mass is 9.89. The van der Waals surface area contributed by atoms with Crippen LogP contribution in [0.4, 0.5) is 5.82 Å². The van der Waals surface area contributed by atoms with Gasteiger partial charge in [-0.25, -0.2) is 4.98 Å². The zero-order chi connectivity index (χ0) is 23.9. The number of hydrogen-bond donors (Lipinski definition) is 0. The highest BCUT2D eigenvalue weighted by atomic mass is 16.5. The van der Waals surface area contributed by atoms with E-state index in [0.717, 1.165) is 94.2 Å². The van der Waals surface area contributed by atoms with E-state index in [-0.39, 0.29) is 5.91 Å². The third kappa shape index (κ3) is 6.51. The predicted molar refractivity (Wildman–Crippen MR) is 139 cm³/mol. The van der Waals surface area contributed by atoms with Crippen molar-refractivity contribution in [1.82, 2.24) is 14.8 Å². The summed E-state index contributed by atoms with van der Waals surface area (Å²) in [5, 5.41) is 0. The zero-order valence-electron chi connectivity index (χ0n) is 21.8. The molecule has 0 radical (unpaired) electrons. The van der Waals surface area contributed by atoms with Crippen molar-refractivity contribution in [2.45, 2.75) is 65.7 Å². The first kappa shape index (κ1) is 25.4. The number of nitrogens with zero attached hydrogens (tertiary/aromatic N) is 4. The molecule has 6 heteroatoms. The molecule has 190 valence electrons. The Hall–Kier alpha value is -1.66. The second-order valence-electron chi connectivity index (χ2n) is 11.0. The van der Waals surface area contributed by atoms with E-state index in [1.54, 1.807) is 0 Å². The summed E-state index contributed by atoms with van der Waals surface area (Å²) >= 11 is 0. The molecule has 3 heterocycles. The van der Waals surface area contributed by atoms with Gasteiger partial charge in [-0.05, 0) is 49.3 Å². The second-order valence-corrected chi connectivity index (χ2v) is 11.0. The van der Waals surface area contributed by atoms with E-state index in [4.69, 9.17) is 9.72 Å². The van der Waals surface area contributed by atoms with Crippen molar-refractivity contribution in [3.63, 3.8) is 0 Å². The number of hydrogen-bond acceptors (Lipinski definition) is 5. The minimum atomic E-state index is 0.159. The Morgan fingerprint density at radius 3 is 2.82 bits per heavy atom. The number of anilines is 1. The van der Waals surface area contributed by atoms with Crippen LogP contribution in [0.5, 0.6) is 0 Å². The Kier molecular flexibility index (Phi) is 9.24. The van der Waals surface area contributed by atoms with E-state index in [0.29, 0.717) is 5.92 Å². The van der Waals surface area contributed by atoms with E-state index >= 15 is 0 Å². The topological polar surface area (TPSA) is 48.9 Å². The molecule has 6 nitrogen and oxygen atoms in total. The van der Waals surface area contributed by atoms with Gasteiger partial charge in [0.15, 0.2) is 0 Å². The first-order chi connectivity index (χ1) is 16.5. The molecule has 1 saturated heterocycles. The van der Waals surface area contributed by atoms with E-state index < -0.39 is 0 Å². The Labute approximate surface area is 207 Å². The van der Waals surface area contributed by atoms with Gasteiger partial charge in [0.25, 0.3) is 5.91 Å². The highest BCUT2D eigenvalue weighted by Crippen LogP contribution is 2.29. The molecule has 2 aliphatic heterocycles. The number of ether oxygens (including phenoxy) is 1. The van der Waals surface area contributed by atoms with Gasteiger partial charge in [-0.1, -0.05) is 46.5 Å². The minimum Gasteiger partial charge on any atom is -0.380 e. The number of aromatic nitrogens is 1. The van der Waals surface area contributed by atoms with Crippen LogP contribution >= 0.6 is 0 Å². The summed E-state index contributed by atoms with van der Waals surface area (Å²) in [6.07, 6.45) is 8.85.